The summed E-state index contributed by atoms with van der Waals surface area (Å²) in [7, 11) is 3.13. The highest BCUT2D eigenvalue weighted by atomic mass is 16.7. The predicted octanol–water partition coefficient (Wildman–Crippen LogP) is 3.13. The highest BCUT2D eigenvalue weighted by Gasteiger charge is 2.16. The lowest BCUT2D eigenvalue weighted by Gasteiger charge is -2.18. The van der Waals surface area contributed by atoms with Crippen molar-refractivity contribution in [3.05, 3.63) is 47.0 Å². The number of aryl methyl sites for hydroxylation is 1. The van der Waals surface area contributed by atoms with Gasteiger partial charge in [-0.15, -0.1) is 0 Å². The molecule has 0 spiro atoms. The van der Waals surface area contributed by atoms with E-state index in [-0.39, 0.29) is 12.7 Å². The van der Waals surface area contributed by atoms with E-state index in [9.17, 15) is 4.79 Å². The number of methoxy groups -OCH3 is 2. The maximum atomic E-state index is 12.5. The van der Waals surface area contributed by atoms with Gasteiger partial charge >= 0.3 is 0 Å². The first-order valence-corrected chi connectivity index (χ1v) is 7.50. The second-order valence-corrected chi connectivity index (χ2v) is 5.41. The topological polar surface area (TPSA) is 66.0 Å². The van der Waals surface area contributed by atoms with E-state index in [0.717, 1.165) is 16.9 Å². The van der Waals surface area contributed by atoms with Gasteiger partial charge in [-0.1, -0.05) is 0 Å². The Morgan fingerprint density at radius 1 is 1.12 bits per heavy atom. The third-order valence-electron chi connectivity index (χ3n) is 3.86. The molecule has 0 atom stereocenters. The Kier molecular flexibility index (Phi) is 4.57. The summed E-state index contributed by atoms with van der Waals surface area (Å²) in [6, 6.07) is 8.86. The monoisotopic (exact) mass is 329 g/mol. The Labute approximate surface area is 140 Å². The number of fused-ring (bicyclic) bond motifs is 1. The van der Waals surface area contributed by atoms with Gasteiger partial charge < -0.3 is 24.3 Å². The van der Waals surface area contributed by atoms with Crippen LogP contribution in [-0.4, -0.2) is 26.9 Å². The van der Waals surface area contributed by atoms with Crippen LogP contribution in [0.4, 0.5) is 5.69 Å². The molecule has 126 valence electrons. The van der Waals surface area contributed by atoms with Crippen LogP contribution in [0, 0.1) is 6.92 Å². The molecular formula is C18H19NO5. The first kappa shape index (κ1) is 16.1. The van der Waals surface area contributed by atoms with Crippen molar-refractivity contribution in [1.82, 2.24) is 0 Å². The lowest BCUT2D eigenvalue weighted by molar-refractivity contribution is -0.0163. The summed E-state index contributed by atoms with van der Waals surface area (Å²) < 4.78 is 21.1. The molecule has 1 aliphatic heterocycles. The van der Waals surface area contributed by atoms with Crippen LogP contribution >= 0.6 is 0 Å². The van der Waals surface area contributed by atoms with Crippen molar-refractivity contribution in [2.24, 2.45) is 0 Å². The zero-order chi connectivity index (χ0) is 17.1. The highest BCUT2D eigenvalue weighted by molar-refractivity contribution is 6.05. The van der Waals surface area contributed by atoms with Crippen molar-refractivity contribution in [1.29, 1.82) is 0 Å². The number of rotatable bonds is 4. The summed E-state index contributed by atoms with van der Waals surface area (Å²) in [6.45, 7) is 2.57. The van der Waals surface area contributed by atoms with Crippen LogP contribution in [0.3, 0.4) is 0 Å². The number of ether oxygens (including phenoxy) is 4. The largest absolute Gasteiger partial charge is 0.493 e. The van der Waals surface area contributed by atoms with Crippen LogP contribution in [0.25, 0.3) is 0 Å². The minimum atomic E-state index is -0.210. The lowest BCUT2D eigenvalue weighted by atomic mass is 10.1. The summed E-state index contributed by atoms with van der Waals surface area (Å²) in [6.07, 6.45) is 0. The SMILES string of the molecule is COc1cc(C)c(NC(=O)c2ccc3c(c2)COCO3)cc1OC. The fraction of sp³-hybridized carbons (Fsp3) is 0.278. The van der Waals surface area contributed by atoms with E-state index in [4.69, 9.17) is 18.9 Å². The fourth-order valence-electron chi connectivity index (χ4n) is 2.54. The molecule has 0 radical (unpaired) electrons. The number of hydrogen-bond acceptors (Lipinski definition) is 5. The van der Waals surface area contributed by atoms with Gasteiger partial charge in [-0.2, -0.15) is 0 Å². The van der Waals surface area contributed by atoms with Gasteiger partial charge in [-0.25, -0.2) is 0 Å². The van der Waals surface area contributed by atoms with Gasteiger partial charge in [0.2, 0.25) is 0 Å². The molecule has 2 aromatic rings. The number of carbonyl (C=O) groups excluding carboxylic acids is 1. The third-order valence-corrected chi connectivity index (χ3v) is 3.86. The Balaban J connectivity index is 1.84. The summed E-state index contributed by atoms with van der Waals surface area (Å²) in [5, 5.41) is 2.90. The predicted molar refractivity (Wildman–Crippen MR) is 89.0 cm³/mol. The van der Waals surface area contributed by atoms with E-state index in [2.05, 4.69) is 5.32 Å². The molecule has 6 heteroatoms. The molecule has 0 saturated carbocycles. The number of anilines is 1. The first-order valence-electron chi connectivity index (χ1n) is 7.50. The van der Waals surface area contributed by atoms with E-state index in [1.54, 1.807) is 38.5 Å². The highest BCUT2D eigenvalue weighted by Crippen LogP contribution is 2.33. The van der Waals surface area contributed by atoms with E-state index < -0.39 is 0 Å². The number of carbonyl (C=O) groups is 1. The molecule has 0 aliphatic carbocycles. The molecule has 1 N–H and O–H groups in total. The van der Waals surface area contributed by atoms with Crippen molar-refractivity contribution in [3.8, 4) is 17.2 Å². The van der Waals surface area contributed by atoms with Crippen LogP contribution in [0.1, 0.15) is 21.5 Å². The summed E-state index contributed by atoms with van der Waals surface area (Å²) in [5.74, 6) is 1.72. The van der Waals surface area contributed by atoms with Gasteiger partial charge in [-0.3, -0.25) is 4.79 Å². The molecule has 0 aromatic heterocycles. The average Bonchev–Trinajstić information content (AvgIpc) is 2.62. The summed E-state index contributed by atoms with van der Waals surface area (Å²) in [4.78, 5) is 12.5. The third kappa shape index (κ3) is 3.14. The Bertz CT molecular complexity index is 772. The van der Waals surface area contributed by atoms with Gasteiger partial charge in [-0.05, 0) is 36.8 Å². The molecule has 1 aliphatic rings. The van der Waals surface area contributed by atoms with E-state index in [0.29, 0.717) is 29.4 Å². The van der Waals surface area contributed by atoms with Crippen LogP contribution in [-0.2, 0) is 11.3 Å². The van der Waals surface area contributed by atoms with Crippen molar-refractivity contribution < 1.29 is 23.7 Å². The zero-order valence-electron chi connectivity index (χ0n) is 13.8. The van der Waals surface area contributed by atoms with Gasteiger partial charge in [0.25, 0.3) is 5.91 Å². The molecule has 1 amide bonds. The van der Waals surface area contributed by atoms with Crippen LogP contribution in [0.2, 0.25) is 0 Å². The zero-order valence-corrected chi connectivity index (χ0v) is 13.8. The number of amides is 1. The molecule has 2 aromatic carbocycles. The Hall–Kier alpha value is -2.73. The molecule has 0 bridgehead atoms. The van der Waals surface area contributed by atoms with Gasteiger partial charge in [0.1, 0.15) is 5.75 Å². The van der Waals surface area contributed by atoms with Crippen LogP contribution in [0.15, 0.2) is 30.3 Å². The number of nitrogens with one attached hydrogen (secondary N) is 1. The van der Waals surface area contributed by atoms with Crippen molar-refractivity contribution in [3.63, 3.8) is 0 Å². The standard InChI is InChI=1S/C18H19NO5/c1-11-6-16(21-2)17(22-3)8-14(11)19-18(20)12-4-5-15-13(7-12)9-23-10-24-15/h4-8H,9-10H2,1-3H3,(H,19,20). The van der Waals surface area contributed by atoms with Crippen LogP contribution in [0.5, 0.6) is 17.2 Å². The smallest absolute Gasteiger partial charge is 0.255 e. The number of benzene rings is 2. The minimum Gasteiger partial charge on any atom is -0.493 e. The first-order chi connectivity index (χ1) is 11.6. The number of hydrogen-bond donors (Lipinski definition) is 1. The van der Waals surface area contributed by atoms with Gasteiger partial charge in [0, 0.05) is 22.9 Å². The maximum Gasteiger partial charge on any atom is 0.255 e. The molecule has 0 unspecified atom stereocenters. The maximum absolute atomic E-state index is 12.5. The quantitative estimate of drug-likeness (QED) is 0.933. The average molecular weight is 329 g/mol. The summed E-state index contributed by atoms with van der Waals surface area (Å²) in [5.41, 5.74) is 2.95. The molecular weight excluding hydrogens is 310 g/mol. The molecule has 6 nitrogen and oxygen atoms in total. The second-order valence-electron chi connectivity index (χ2n) is 5.41. The Morgan fingerprint density at radius 3 is 2.62 bits per heavy atom. The molecule has 0 saturated heterocycles. The molecule has 3 rings (SSSR count). The minimum absolute atomic E-state index is 0.210. The van der Waals surface area contributed by atoms with Gasteiger partial charge in [0.15, 0.2) is 18.3 Å². The molecule has 0 fully saturated rings. The van der Waals surface area contributed by atoms with Gasteiger partial charge in [0.05, 0.1) is 20.8 Å². The van der Waals surface area contributed by atoms with E-state index in [1.165, 1.54) is 0 Å². The van der Waals surface area contributed by atoms with Crippen molar-refractivity contribution in [2.75, 3.05) is 26.3 Å². The normalized spacial score (nSPS) is 12.8. The van der Waals surface area contributed by atoms with E-state index in [1.807, 2.05) is 13.0 Å². The molecule has 1 heterocycles. The van der Waals surface area contributed by atoms with Crippen LogP contribution < -0.4 is 19.5 Å². The summed E-state index contributed by atoms with van der Waals surface area (Å²) >= 11 is 0. The Morgan fingerprint density at radius 2 is 1.88 bits per heavy atom. The molecule has 24 heavy (non-hydrogen) atoms. The second kappa shape index (κ2) is 6.80. The lowest BCUT2D eigenvalue weighted by Crippen LogP contribution is -2.16. The van der Waals surface area contributed by atoms with Crippen molar-refractivity contribution in [2.45, 2.75) is 13.5 Å². The fourth-order valence-corrected chi connectivity index (χ4v) is 2.54. The van der Waals surface area contributed by atoms with Crippen molar-refractivity contribution >= 4 is 11.6 Å². The van der Waals surface area contributed by atoms with E-state index >= 15 is 0 Å².